The van der Waals surface area contributed by atoms with Crippen LogP contribution < -0.4 is 0 Å². The summed E-state index contributed by atoms with van der Waals surface area (Å²) in [6.07, 6.45) is -3.26. The fraction of sp³-hybridized carbons (Fsp3) is 1.00. The van der Waals surface area contributed by atoms with E-state index in [-0.39, 0.29) is 6.61 Å². The Balaban J connectivity index is 2.44. The van der Waals surface area contributed by atoms with Crippen molar-refractivity contribution < 1.29 is 20.1 Å². The SMILES string of the molecule is OC1[C@H](O)OC[C@@H]1O. The van der Waals surface area contributed by atoms with Crippen molar-refractivity contribution in [2.45, 2.75) is 18.5 Å². The highest BCUT2D eigenvalue weighted by Gasteiger charge is 2.32. The van der Waals surface area contributed by atoms with Crippen molar-refractivity contribution in [3.63, 3.8) is 0 Å². The molecule has 4 heteroatoms. The zero-order chi connectivity index (χ0) is 6.15. The molecule has 3 atom stereocenters. The molecule has 1 aliphatic rings. The van der Waals surface area contributed by atoms with Crippen LogP contribution in [0, 0.1) is 0 Å². The molecule has 0 aliphatic carbocycles. The summed E-state index contributed by atoms with van der Waals surface area (Å²) < 4.78 is 4.43. The lowest BCUT2D eigenvalue weighted by Crippen LogP contribution is -2.29. The van der Waals surface area contributed by atoms with Crippen molar-refractivity contribution in [3.8, 4) is 0 Å². The van der Waals surface area contributed by atoms with Crippen LogP contribution in [0.15, 0.2) is 0 Å². The Labute approximate surface area is 46.3 Å². The van der Waals surface area contributed by atoms with Crippen molar-refractivity contribution in [1.82, 2.24) is 0 Å². The van der Waals surface area contributed by atoms with Crippen LogP contribution in [0.25, 0.3) is 0 Å². The average Bonchev–Trinajstić information content (AvgIpc) is 1.98. The molecule has 1 aliphatic heterocycles. The second-order valence-corrected chi connectivity index (χ2v) is 1.78. The van der Waals surface area contributed by atoms with Gasteiger partial charge < -0.3 is 20.1 Å². The molecule has 0 aromatic carbocycles. The highest BCUT2D eigenvalue weighted by Crippen LogP contribution is 2.10. The largest absolute Gasteiger partial charge is 0.388 e. The Kier molecular flexibility index (Phi) is 1.48. The van der Waals surface area contributed by atoms with E-state index in [0.717, 1.165) is 0 Å². The first-order valence-corrected chi connectivity index (χ1v) is 2.37. The van der Waals surface area contributed by atoms with Gasteiger partial charge in [-0.25, -0.2) is 0 Å². The molecule has 1 unspecified atom stereocenters. The highest BCUT2D eigenvalue weighted by molar-refractivity contribution is 4.75. The van der Waals surface area contributed by atoms with Crippen molar-refractivity contribution >= 4 is 0 Å². The molecule has 3 N–H and O–H groups in total. The van der Waals surface area contributed by atoms with Gasteiger partial charge in [0.25, 0.3) is 0 Å². The summed E-state index contributed by atoms with van der Waals surface area (Å²) in [6.45, 7) is 0.0162. The van der Waals surface area contributed by atoms with Gasteiger partial charge in [-0.2, -0.15) is 0 Å². The van der Waals surface area contributed by atoms with Crippen LogP contribution in [0.5, 0.6) is 0 Å². The number of ether oxygens (including phenoxy) is 1. The van der Waals surface area contributed by atoms with E-state index in [2.05, 4.69) is 4.74 Å². The van der Waals surface area contributed by atoms with Crippen LogP contribution in [0.4, 0.5) is 0 Å². The zero-order valence-corrected chi connectivity index (χ0v) is 4.19. The smallest absolute Gasteiger partial charge is 0.183 e. The molecule has 48 valence electrons. The Morgan fingerprint density at radius 3 is 2.00 bits per heavy atom. The van der Waals surface area contributed by atoms with Gasteiger partial charge in [0.05, 0.1) is 6.61 Å². The van der Waals surface area contributed by atoms with E-state index in [1.54, 1.807) is 0 Å². The molecule has 1 saturated heterocycles. The van der Waals surface area contributed by atoms with Gasteiger partial charge in [-0.15, -0.1) is 0 Å². The molecule has 1 fully saturated rings. The van der Waals surface area contributed by atoms with Gasteiger partial charge in [-0.05, 0) is 0 Å². The fourth-order valence-corrected chi connectivity index (χ4v) is 0.584. The molecule has 4 nitrogen and oxygen atoms in total. The summed E-state index contributed by atoms with van der Waals surface area (Å²) in [7, 11) is 0. The topological polar surface area (TPSA) is 69.9 Å². The van der Waals surface area contributed by atoms with Gasteiger partial charge in [-0.3, -0.25) is 0 Å². The molecule has 0 spiro atoms. The molecule has 0 aromatic heterocycles. The monoisotopic (exact) mass is 120 g/mol. The van der Waals surface area contributed by atoms with E-state index in [0.29, 0.717) is 0 Å². The van der Waals surface area contributed by atoms with Crippen molar-refractivity contribution in [1.29, 1.82) is 0 Å². The third kappa shape index (κ3) is 0.830. The average molecular weight is 120 g/mol. The lowest BCUT2D eigenvalue weighted by Gasteiger charge is -2.06. The molecule has 0 saturated carbocycles. The Morgan fingerprint density at radius 2 is 1.88 bits per heavy atom. The van der Waals surface area contributed by atoms with E-state index in [1.165, 1.54) is 0 Å². The van der Waals surface area contributed by atoms with Crippen LogP contribution in [-0.2, 0) is 4.74 Å². The van der Waals surface area contributed by atoms with Gasteiger partial charge in [0.2, 0.25) is 0 Å². The number of aliphatic hydroxyl groups excluding tert-OH is 3. The summed E-state index contributed by atoms with van der Waals surface area (Å²) in [5, 5.41) is 25.8. The van der Waals surface area contributed by atoms with Crippen LogP contribution in [0.2, 0.25) is 0 Å². The maximum absolute atomic E-state index is 8.64. The molecular formula is C4H8O4. The fourth-order valence-electron chi connectivity index (χ4n) is 0.584. The van der Waals surface area contributed by atoms with Crippen molar-refractivity contribution in [2.24, 2.45) is 0 Å². The summed E-state index contributed by atoms with van der Waals surface area (Å²) in [6, 6.07) is 0. The number of hydrogen-bond acceptors (Lipinski definition) is 4. The molecular weight excluding hydrogens is 112 g/mol. The minimum Gasteiger partial charge on any atom is -0.388 e. The lowest BCUT2D eigenvalue weighted by molar-refractivity contribution is -0.111. The van der Waals surface area contributed by atoms with Crippen LogP contribution in [-0.4, -0.2) is 40.4 Å². The maximum Gasteiger partial charge on any atom is 0.183 e. The minimum absolute atomic E-state index is 0.0162. The second-order valence-electron chi connectivity index (χ2n) is 1.78. The summed E-state index contributed by atoms with van der Waals surface area (Å²) in [5.74, 6) is 0. The number of hydrogen-bond donors (Lipinski definition) is 3. The molecule has 1 rings (SSSR count). The summed E-state index contributed by atoms with van der Waals surface area (Å²) in [5.41, 5.74) is 0. The first-order chi connectivity index (χ1) is 3.72. The summed E-state index contributed by atoms with van der Waals surface area (Å²) in [4.78, 5) is 0. The quantitative estimate of drug-likeness (QED) is 0.348. The Hall–Kier alpha value is -0.160. The van der Waals surface area contributed by atoms with Crippen molar-refractivity contribution in [2.75, 3.05) is 6.61 Å². The standard InChI is InChI=1S/C4H8O4/c5-2-1-8-4(7)3(2)6/h2-7H,1H2/t2-,3?,4+/m0/s1. The zero-order valence-electron chi connectivity index (χ0n) is 4.19. The van der Waals surface area contributed by atoms with E-state index >= 15 is 0 Å². The number of rotatable bonds is 0. The second kappa shape index (κ2) is 1.99. The molecule has 0 radical (unpaired) electrons. The van der Waals surface area contributed by atoms with Gasteiger partial charge in [0.15, 0.2) is 6.29 Å². The predicted octanol–water partition coefficient (Wildman–Crippen LogP) is -1.94. The van der Waals surface area contributed by atoms with Gasteiger partial charge in [0, 0.05) is 0 Å². The maximum atomic E-state index is 8.64. The third-order valence-corrected chi connectivity index (χ3v) is 1.12. The molecule has 1 heterocycles. The van der Waals surface area contributed by atoms with Crippen LogP contribution in [0.1, 0.15) is 0 Å². The van der Waals surface area contributed by atoms with Gasteiger partial charge >= 0.3 is 0 Å². The Morgan fingerprint density at radius 1 is 1.25 bits per heavy atom. The first kappa shape index (κ1) is 5.97. The van der Waals surface area contributed by atoms with Crippen LogP contribution >= 0.6 is 0 Å². The predicted molar refractivity (Wildman–Crippen MR) is 24.0 cm³/mol. The van der Waals surface area contributed by atoms with E-state index in [9.17, 15) is 0 Å². The first-order valence-electron chi connectivity index (χ1n) is 2.37. The number of aliphatic hydroxyl groups is 3. The molecule has 8 heavy (non-hydrogen) atoms. The Bertz CT molecular complexity index is 74.1. The minimum atomic E-state index is -1.20. The summed E-state index contributed by atoms with van der Waals surface area (Å²) >= 11 is 0. The normalized spacial score (nSPS) is 47.6. The van der Waals surface area contributed by atoms with E-state index in [4.69, 9.17) is 15.3 Å². The lowest BCUT2D eigenvalue weighted by atomic mass is 10.2. The van der Waals surface area contributed by atoms with Gasteiger partial charge in [-0.1, -0.05) is 0 Å². The molecule has 0 bridgehead atoms. The van der Waals surface area contributed by atoms with Gasteiger partial charge in [0.1, 0.15) is 12.2 Å². The van der Waals surface area contributed by atoms with E-state index < -0.39 is 18.5 Å². The third-order valence-electron chi connectivity index (χ3n) is 1.12. The molecule has 0 aromatic rings. The van der Waals surface area contributed by atoms with Crippen molar-refractivity contribution in [3.05, 3.63) is 0 Å². The van der Waals surface area contributed by atoms with Crippen LogP contribution in [0.3, 0.4) is 0 Å². The highest BCUT2D eigenvalue weighted by atomic mass is 16.6. The van der Waals surface area contributed by atoms with E-state index in [1.807, 2.05) is 0 Å². The molecule has 0 amide bonds.